The molecule has 0 spiro atoms. The van der Waals surface area contributed by atoms with Crippen LogP contribution in [0.25, 0.3) is 0 Å². The minimum atomic E-state index is -2.63. The number of likely N-dealkylation sites (tertiary alicyclic amines) is 1. The molecule has 4 nitrogen and oxygen atoms in total. The molecule has 1 heterocycles. The molecule has 6 heteroatoms. The molecule has 0 radical (unpaired) electrons. The summed E-state index contributed by atoms with van der Waals surface area (Å²) in [6.45, 7) is 2.74. The third-order valence-corrected chi connectivity index (χ3v) is 5.24. The van der Waals surface area contributed by atoms with Crippen LogP contribution in [0.5, 0.6) is 5.75 Å². The fourth-order valence-corrected chi connectivity index (χ4v) is 3.56. The van der Waals surface area contributed by atoms with Crippen LogP contribution in [0.15, 0.2) is 24.3 Å². The van der Waals surface area contributed by atoms with Gasteiger partial charge in [0, 0.05) is 25.3 Å². The van der Waals surface area contributed by atoms with E-state index in [0.29, 0.717) is 18.7 Å². The Bertz CT molecular complexity index is 610. The summed E-state index contributed by atoms with van der Waals surface area (Å²) in [5.41, 5.74) is 0.0425. The highest BCUT2D eigenvalue weighted by atomic mass is 19.3. The van der Waals surface area contributed by atoms with Gasteiger partial charge in [0.15, 0.2) is 0 Å². The lowest BCUT2D eigenvalue weighted by atomic mass is 9.86. The molecule has 1 atom stereocenters. The van der Waals surface area contributed by atoms with Crippen molar-refractivity contribution in [3.63, 3.8) is 0 Å². The molecule has 1 amide bonds. The fraction of sp³-hybridized carbons (Fsp3) is 0.632. The third-order valence-electron chi connectivity index (χ3n) is 5.24. The minimum Gasteiger partial charge on any atom is -0.491 e. The van der Waals surface area contributed by atoms with Crippen molar-refractivity contribution in [1.29, 1.82) is 0 Å². The molecule has 1 aliphatic carbocycles. The average Bonchev–Trinajstić information content (AvgIpc) is 2.97. The first-order chi connectivity index (χ1) is 11.8. The number of aliphatic hydroxyl groups is 1. The van der Waals surface area contributed by atoms with E-state index < -0.39 is 11.5 Å². The van der Waals surface area contributed by atoms with E-state index in [4.69, 9.17) is 4.74 Å². The number of ether oxygens (including phenoxy) is 1. The van der Waals surface area contributed by atoms with Crippen molar-refractivity contribution in [2.45, 2.75) is 50.6 Å². The van der Waals surface area contributed by atoms with Crippen LogP contribution in [-0.4, -0.2) is 47.1 Å². The molecular formula is C19H25F2NO3. The van der Waals surface area contributed by atoms with E-state index in [2.05, 4.69) is 0 Å². The van der Waals surface area contributed by atoms with E-state index in [0.717, 1.165) is 5.56 Å². The number of carbonyl (C=O) groups excluding carboxylic acids is 1. The van der Waals surface area contributed by atoms with Gasteiger partial charge in [0.25, 0.3) is 0 Å². The number of amides is 1. The zero-order valence-corrected chi connectivity index (χ0v) is 14.5. The second-order valence-electron chi connectivity index (χ2n) is 7.47. The van der Waals surface area contributed by atoms with Crippen molar-refractivity contribution < 1.29 is 23.4 Å². The first-order valence-corrected chi connectivity index (χ1v) is 8.85. The monoisotopic (exact) mass is 353 g/mol. The van der Waals surface area contributed by atoms with Crippen LogP contribution in [0.1, 0.15) is 37.7 Å². The third kappa shape index (κ3) is 4.48. The Balaban J connectivity index is 1.51. The number of benzene rings is 1. The van der Waals surface area contributed by atoms with E-state index in [1.165, 1.54) is 0 Å². The molecule has 25 heavy (non-hydrogen) atoms. The van der Waals surface area contributed by atoms with Crippen LogP contribution in [0.4, 0.5) is 8.78 Å². The molecule has 1 aliphatic heterocycles. The molecule has 0 unspecified atom stereocenters. The summed E-state index contributed by atoms with van der Waals surface area (Å²) >= 11 is 0. The summed E-state index contributed by atoms with van der Waals surface area (Å²) in [5.74, 6) is -2.41. The van der Waals surface area contributed by atoms with Crippen molar-refractivity contribution in [1.82, 2.24) is 4.90 Å². The van der Waals surface area contributed by atoms with Gasteiger partial charge in [0.05, 0.1) is 6.54 Å². The average molecular weight is 353 g/mol. The number of alkyl halides is 2. The second-order valence-corrected chi connectivity index (χ2v) is 7.47. The zero-order chi connectivity index (χ0) is 18.1. The number of hydrogen-bond acceptors (Lipinski definition) is 3. The minimum absolute atomic E-state index is 0.109. The number of β-amino-alcohol motifs (C(OH)–C–C–N with tert-alkyl or cyclic N) is 1. The molecule has 138 valence electrons. The highest BCUT2D eigenvalue weighted by Crippen LogP contribution is 2.37. The number of hydrogen-bond donors (Lipinski definition) is 1. The van der Waals surface area contributed by atoms with Crippen LogP contribution in [0.3, 0.4) is 0 Å². The van der Waals surface area contributed by atoms with Gasteiger partial charge in [-0.25, -0.2) is 8.78 Å². The molecule has 1 saturated carbocycles. The summed E-state index contributed by atoms with van der Waals surface area (Å²) in [5, 5.41) is 10.7. The largest absolute Gasteiger partial charge is 0.491 e. The lowest BCUT2D eigenvalue weighted by Gasteiger charge is -2.31. The maximum atomic E-state index is 13.2. The number of nitrogens with zero attached hydrogens (tertiary/aromatic N) is 1. The lowest BCUT2D eigenvalue weighted by molar-refractivity contribution is -0.139. The molecular weight excluding hydrogens is 328 g/mol. The zero-order valence-electron chi connectivity index (χ0n) is 14.5. The quantitative estimate of drug-likeness (QED) is 0.905. The summed E-state index contributed by atoms with van der Waals surface area (Å²) in [4.78, 5) is 14.1. The molecule has 1 saturated heterocycles. The Morgan fingerprint density at radius 1 is 1.24 bits per heavy atom. The standard InChI is InChI=1S/C19H25F2NO3/c1-14-2-4-16(5-3-14)25-13-18(24)10-11-22(12-18)17(23)15-6-8-19(20,21)9-7-15/h2-5,15,24H,6-13H2,1H3/t18-/m0/s1. The van der Waals surface area contributed by atoms with E-state index in [-0.39, 0.29) is 50.7 Å². The van der Waals surface area contributed by atoms with Crippen LogP contribution in [0.2, 0.25) is 0 Å². The predicted molar refractivity (Wildman–Crippen MR) is 89.7 cm³/mol. The van der Waals surface area contributed by atoms with Gasteiger partial charge in [-0.15, -0.1) is 0 Å². The number of carbonyl (C=O) groups is 1. The van der Waals surface area contributed by atoms with Gasteiger partial charge in [0.2, 0.25) is 11.8 Å². The Morgan fingerprint density at radius 2 is 1.88 bits per heavy atom. The Morgan fingerprint density at radius 3 is 2.52 bits per heavy atom. The van der Waals surface area contributed by atoms with Gasteiger partial charge in [0.1, 0.15) is 18.0 Å². The molecule has 2 aliphatic rings. The van der Waals surface area contributed by atoms with Crippen molar-refractivity contribution >= 4 is 5.91 Å². The van der Waals surface area contributed by atoms with Crippen LogP contribution in [0, 0.1) is 12.8 Å². The molecule has 3 rings (SSSR count). The maximum absolute atomic E-state index is 13.2. The number of rotatable bonds is 4. The first kappa shape index (κ1) is 18.1. The fourth-order valence-electron chi connectivity index (χ4n) is 3.56. The van der Waals surface area contributed by atoms with Gasteiger partial charge in [-0.2, -0.15) is 0 Å². The summed E-state index contributed by atoms with van der Waals surface area (Å²) < 4.78 is 32.2. The van der Waals surface area contributed by atoms with Crippen LogP contribution in [-0.2, 0) is 4.79 Å². The van der Waals surface area contributed by atoms with Gasteiger partial charge in [-0.05, 0) is 38.3 Å². The van der Waals surface area contributed by atoms with Gasteiger partial charge in [-0.3, -0.25) is 4.79 Å². The summed E-state index contributed by atoms with van der Waals surface area (Å²) in [7, 11) is 0. The molecule has 0 aromatic heterocycles. The molecule has 1 N–H and O–H groups in total. The predicted octanol–water partition coefficient (Wildman–Crippen LogP) is 3.16. The number of halogens is 2. The van der Waals surface area contributed by atoms with E-state index in [1.807, 2.05) is 31.2 Å². The highest BCUT2D eigenvalue weighted by molar-refractivity contribution is 5.79. The van der Waals surface area contributed by atoms with Crippen LogP contribution >= 0.6 is 0 Å². The topological polar surface area (TPSA) is 49.8 Å². The lowest BCUT2D eigenvalue weighted by Crippen LogP contribution is -2.43. The van der Waals surface area contributed by atoms with Gasteiger partial charge in [-0.1, -0.05) is 17.7 Å². The van der Waals surface area contributed by atoms with Crippen molar-refractivity contribution in [2.24, 2.45) is 5.92 Å². The van der Waals surface area contributed by atoms with E-state index in [9.17, 15) is 18.7 Å². The maximum Gasteiger partial charge on any atom is 0.248 e. The second kappa shape index (κ2) is 6.90. The SMILES string of the molecule is Cc1ccc(OC[C@]2(O)CCN(C(=O)C3CCC(F)(F)CC3)C2)cc1. The highest BCUT2D eigenvalue weighted by Gasteiger charge is 2.43. The smallest absolute Gasteiger partial charge is 0.248 e. The summed E-state index contributed by atoms with van der Waals surface area (Å²) in [6.07, 6.45) is 0.435. The Hall–Kier alpha value is -1.69. The van der Waals surface area contributed by atoms with Crippen molar-refractivity contribution in [2.75, 3.05) is 19.7 Å². The van der Waals surface area contributed by atoms with Crippen molar-refractivity contribution in [3.05, 3.63) is 29.8 Å². The van der Waals surface area contributed by atoms with E-state index in [1.54, 1.807) is 4.90 Å². The number of aryl methyl sites for hydroxylation is 1. The van der Waals surface area contributed by atoms with Gasteiger partial charge >= 0.3 is 0 Å². The normalized spacial score (nSPS) is 26.6. The molecule has 0 bridgehead atoms. The van der Waals surface area contributed by atoms with Gasteiger partial charge < -0.3 is 14.7 Å². The molecule has 1 aromatic rings. The molecule has 2 fully saturated rings. The first-order valence-electron chi connectivity index (χ1n) is 8.85. The molecule has 1 aromatic carbocycles. The Labute approximate surface area is 146 Å². The van der Waals surface area contributed by atoms with E-state index >= 15 is 0 Å². The Kier molecular flexibility index (Phi) is 5.00. The van der Waals surface area contributed by atoms with Crippen LogP contribution < -0.4 is 4.74 Å². The summed E-state index contributed by atoms with van der Waals surface area (Å²) in [6, 6.07) is 7.56. The van der Waals surface area contributed by atoms with Crippen molar-refractivity contribution in [3.8, 4) is 5.75 Å².